The Morgan fingerprint density at radius 2 is 1.85 bits per heavy atom. The average Bonchev–Trinajstić information content (AvgIpc) is 3.88. The van der Waals surface area contributed by atoms with Crippen LogP contribution < -0.4 is 15.5 Å². The van der Waals surface area contributed by atoms with E-state index in [4.69, 9.17) is 16.6 Å². The molecule has 206 valence electrons. The first-order valence-corrected chi connectivity index (χ1v) is 14.5. The number of pyridine rings is 1. The van der Waals surface area contributed by atoms with E-state index in [1.54, 1.807) is 12.4 Å². The van der Waals surface area contributed by atoms with Crippen molar-refractivity contribution in [3.8, 4) is 0 Å². The Bertz CT molecular complexity index is 1560. The van der Waals surface area contributed by atoms with Gasteiger partial charge in [0, 0.05) is 49.5 Å². The number of nitrogens with zero attached hydrogens (tertiary/aromatic N) is 6. The fraction of sp³-hybridized carbons (Fsp3) is 0.400. The highest BCUT2D eigenvalue weighted by Crippen LogP contribution is 2.48. The lowest BCUT2D eigenvalue weighted by Gasteiger charge is -2.34. The highest BCUT2D eigenvalue weighted by molar-refractivity contribution is 6.30. The molecule has 0 bridgehead atoms. The van der Waals surface area contributed by atoms with Crippen molar-refractivity contribution in [2.45, 2.75) is 37.6 Å². The lowest BCUT2D eigenvalue weighted by molar-refractivity contribution is -0.117. The Kier molecular flexibility index (Phi) is 6.56. The van der Waals surface area contributed by atoms with Crippen molar-refractivity contribution in [2.24, 2.45) is 5.92 Å². The Labute approximate surface area is 238 Å². The molecule has 0 unspecified atom stereocenters. The van der Waals surface area contributed by atoms with Crippen molar-refractivity contribution in [3.05, 3.63) is 77.0 Å². The zero-order valence-electron chi connectivity index (χ0n) is 22.6. The van der Waals surface area contributed by atoms with Crippen LogP contribution in [0.2, 0.25) is 5.02 Å². The number of fused-ring (bicyclic) bond motifs is 1. The molecule has 10 heteroatoms. The molecule has 1 amide bonds. The number of anilines is 3. The van der Waals surface area contributed by atoms with Crippen molar-refractivity contribution >= 4 is 40.5 Å². The molecule has 0 radical (unpaired) electrons. The van der Waals surface area contributed by atoms with Crippen LogP contribution in [-0.2, 0) is 11.3 Å². The van der Waals surface area contributed by atoms with Crippen LogP contribution in [0.25, 0.3) is 5.65 Å². The molecule has 1 saturated heterocycles. The number of halogens is 1. The van der Waals surface area contributed by atoms with Crippen LogP contribution >= 0.6 is 11.6 Å². The van der Waals surface area contributed by atoms with Crippen LogP contribution in [0.3, 0.4) is 0 Å². The molecular weight excluding hydrogens is 524 g/mol. The number of amides is 1. The maximum atomic E-state index is 12.8. The summed E-state index contributed by atoms with van der Waals surface area (Å²) in [5.41, 5.74) is 5.66. The minimum atomic E-state index is -0.0788. The predicted molar refractivity (Wildman–Crippen MR) is 157 cm³/mol. The lowest BCUT2D eigenvalue weighted by Crippen LogP contribution is -2.44. The van der Waals surface area contributed by atoms with Gasteiger partial charge in [-0.25, -0.2) is 9.97 Å². The van der Waals surface area contributed by atoms with E-state index in [2.05, 4.69) is 60.3 Å². The van der Waals surface area contributed by atoms with E-state index in [9.17, 15) is 4.79 Å². The summed E-state index contributed by atoms with van der Waals surface area (Å²) in [6.07, 6.45) is 10.9. The standard InChI is InChI=1S/C30H33ClN8O/c1-37-7-9-38(10-8-37)26-12-21(19-5-6-19)17-39-18-23(34-29(26)39)14-33-27-15-32-16-28(35-27)36-30(40)25-13-24(25)20-3-2-4-22(31)11-20/h2-4,11-12,15-19,24-25H,5-10,13-14H2,1H3,(H2,33,35,36,40)/t24-,25+/m1/s1. The van der Waals surface area contributed by atoms with E-state index in [0.717, 1.165) is 49.5 Å². The molecule has 4 aromatic rings. The van der Waals surface area contributed by atoms with E-state index in [1.165, 1.54) is 24.1 Å². The molecule has 0 spiro atoms. The molecule has 3 aliphatic rings. The molecule has 7 rings (SSSR count). The number of carbonyl (C=O) groups excluding carboxylic acids is 1. The molecule has 40 heavy (non-hydrogen) atoms. The van der Waals surface area contributed by atoms with Crippen LogP contribution in [0.5, 0.6) is 0 Å². The number of rotatable bonds is 8. The number of carbonyl (C=O) groups is 1. The van der Waals surface area contributed by atoms with Gasteiger partial charge in [-0.3, -0.25) is 9.78 Å². The van der Waals surface area contributed by atoms with Gasteiger partial charge in [-0.1, -0.05) is 23.7 Å². The third-order valence-electron chi connectivity index (χ3n) is 8.24. The average molecular weight is 557 g/mol. The smallest absolute Gasteiger partial charge is 0.229 e. The summed E-state index contributed by atoms with van der Waals surface area (Å²) in [5, 5.41) is 6.97. The Balaban J connectivity index is 1.03. The molecule has 1 aliphatic heterocycles. The molecule has 4 heterocycles. The number of likely N-dealkylation sites (N-methyl/N-ethyl adjacent to an activating group) is 1. The van der Waals surface area contributed by atoms with Gasteiger partial charge in [0.15, 0.2) is 11.5 Å². The van der Waals surface area contributed by atoms with Gasteiger partial charge < -0.3 is 24.8 Å². The summed E-state index contributed by atoms with van der Waals surface area (Å²) in [4.78, 5) is 31.6. The van der Waals surface area contributed by atoms with Gasteiger partial charge in [0.2, 0.25) is 5.91 Å². The highest BCUT2D eigenvalue weighted by Gasteiger charge is 2.44. The van der Waals surface area contributed by atoms with E-state index in [1.807, 2.05) is 24.3 Å². The summed E-state index contributed by atoms with van der Waals surface area (Å²) in [7, 11) is 2.18. The third-order valence-corrected chi connectivity index (χ3v) is 8.47. The number of hydrogen-bond donors (Lipinski definition) is 2. The van der Waals surface area contributed by atoms with Crippen LogP contribution in [0.15, 0.2) is 55.1 Å². The van der Waals surface area contributed by atoms with E-state index >= 15 is 0 Å². The van der Waals surface area contributed by atoms with Gasteiger partial charge in [-0.05, 0) is 67.5 Å². The molecule has 3 fully saturated rings. The first kappa shape index (κ1) is 25.3. The molecule has 9 nitrogen and oxygen atoms in total. The second-order valence-corrected chi connectivity index (χ2v) is 11.8. The Morgan fingerprint density at radius 3 is 2.65 bits per heavy atom. The van der Waals surface area contributed by atoms with Crippen molar-refractivity contribution in [1.82, 2.24) is 24.3 Å². The first-order chi connectivity index (χ1) is 19.5. The predicted octanol–water partition coefficient (Wildman–Crippen LogP) is 4.76. The van der Waals surface area contributed by atoms with Gasteiger partial charge in [0.1, 0.15) is 5.82 Å². The summed E-state index contributed by atoms with van der Waals surface area (Å²) in [6.45, 7) is 4.64. The summed E-state index contributed by atoms with van der Waals surface area (Å²) >= 11 is 6.12. The number of nitrogens with one attached hydrogen (secondary N) is 2. The van der Waals surface area contributed by atoms with Crippen LogP contribution in [-0.4, -0.2) is 63.4 Å². The second kappa shape index (κ2) is 10.4. The van der Waals surface area contributed by atoms with E-state index in [0.29, 0.717) is 29.1 Å². The molecule has 2 aliphatic carbocycles. The van der Waals surface area contributed by atoms with Gasteiger partial charge in [0.25, 0.3) is 0 Å². The Hall–Kier alpha value is -3.69. The maximum absolute atomic E-state index is 12.8. The SMILES string of the molecule is CN1CCN(c2cc(C3CC3)cn3cc(CNc4cncc(NC(=O)[C@H]5C[C@@H]5c5cccc(Cl)c5)n4)nc23)CC1. The zero-order valence-corrected chi connectivity index (χ0v) is 23.3. The van der Waals surface area contributed by atoms with Crippen LogP contribution in [0, 0.1) is 5.92 Å². The zero-order chi connectivity index (χ0) is 27.2. The number of benzene rings is 1. The summed E-state index contributed by atoms with van der Waals surface area (Å²) in [5.74, 6) is 1.77. The molecule has 2 atom stereocenters. The largest absolute Gasteiger partial charge is 0.366 e. The normalized spacial score (nSPS) is 21.0. The van der Waals surface area contributed by atoms with Crippen molar-refractivity contribution < 1.29 is 4.79 Å². The number of aromatic nitrogens is 4. The quantitative estimate of drug-likeness (QED) is 0.323. The van der Waals surface area contributed by atoms with Crippen molar-refractivity contribution in [3.63, 3.8) is 0 Å². The minimum absolute atomic E-state index is 0.0420. The fourth-order valence-electron chi connectivity index (χ4n) is 5.66. The maximum Gasteiger partial charge on any atom is 0.229 e. The third kappa shape index (κ3) is 5.36. The second-order valence-electron chi connectivity index (χ2n) is 11.3. The lowest BCUT2D eigenvalue weighted by atomic mass is 10.1. The summed E-state index contributed by atoms with van der Waals surface area (Å²) in [6, 6.07) is 10.1. The summed E-state index contributed by atoms with van der Waals surface area (Å²) < 4.78 is 2.19. The van der Waals surface area contributed by atoms with Crippen LogP contribution in [0.4, 0.5) is 17.3 Å². The number of piperazine rings is 1. The monoisotopic (exact) mass is 556 g/mol. The molecule has 2 N–H and O–H groups in total. The molecule has 3 aromatic heterocycles. The van der Waals surface area contributed by atoms with Crippen molar-refractivity contribution in [1.29, 1.82) is 0 Å². The van der Waals surface area contributed by atoms with Crippen LogP contribution in [0.1, 0.15) is 47.9 Å². The Morgan fingerprint density at radius 1 is 1.02 bits per heavy atom. The molecule has 1 aromatic carbocycles. The van der Waals surface area contributed by atoms with Gasteiger partial charge in [0.05, 0.1) is 30.3 Å². The van der Waals surface area contributed by atoms with Gasteiger partial charge in [-0.15, -0.1) is 0 Å². The number of hydrogen-bond acceptors (Lipinski definition) is 7. The minimum Gasteiger partial charge on any atom is -0.366 e. The van der Waals surface area contributed by atoms with E-state index < -0.39 is 0 Å². The van der Waals surface area contributed by atoms with Gasteiger partial charge in [-0.2, -0.15) is 0 Å². The first-order valence-electron chi connectivity index (χ1n) is 14.1. The number of imidazole rings is 1. The van der Waals surface area contributed by atoms with Gasteiger partial charge >= 0.3 is 0 Å². The van der Waals surface area contributed by atoms with Crippen molar-refractivity contribution in [2.75, 3.05) is 48.8 Å². The van der Waals surface area contributed by atoms with E-state index in [-0.39, 0.29) is 17.7 Å². The highest BCUT2D eigenvalue weighted by atomic mass is 35.5. The topological polar surface area (TPSA) is 90.7 Å². The molecular formula is C30H33ClN8O. The fourth-order valence-corrected chi connectivity index (χ4v) is 5.86. The molecule has 2 saturated carbocycles.